The molecule has 1 aliphatic rings. The number of carbonyl (C=O) groups is 2. The molecule has 2 aromatic carbocycles. The standard InChI is InChI=1S/C23H27NO3/c1-4-16(3)19-11-7-9-13-21(19)27-23(26)18-14-22(25)24(15-18)20-12-8-6-10-17(20)5-2/h6-13,16,18H,4-5,14-15H2,1-3H3/t16-,18+/m1/s1. The molecule has 3 rings (SSSR count). The van der Waals surface area contributed by atoms with Crippen LogP contribution in [0.2, 0.25) is 0 Å². The molecule has 0 unspecified atom stereocenters. The fourth-order valence-corrected chi connectivity index (χ4v) is 3.56. The van der Waals surface area contributed by atoms with Crippen LogP contribution in [0.25, 0.3) is 0 Å². The van der Waals surface area contributed by atoms with Crippen LogP contribution < -0.4 is 9.64 Å². The molecule has 0 bridgehead atoms. The molecule has 27 heavy (non-hydrogen) atoms. The maximum atomic E-state index is 12.8. The molecule has 2 aromatic rings. The topological polar surface area (TPSA) is 46.6 Å². The van der Waals surface area contributed by atoms with Gasteiger partial charge in [-0.2, -0.15) is 0 Å². The Morgan fingerprint density at radius 2 is 1.85 bits per heavy atom. The third-order valence-corrected chi connectivity index (χ3v) is 5.39. The van der Waals surface area contributed by atoms with Gasteiger partial charge in [0.05, 0.1) is 5.92 Å². The van der Waals surface area contributed by atoms with E-state index in [9.17, 15) is 9.59 Å². The van der Waals surface area contributed by atoms with Gasteiger partial charge in [-0.25, -0.2) is 0 Å². The molecule has 0 spiro atoms. The molecule has 4 nitrogen and oxygen atoms in total. The largest absolute Gasteiger partial charge is 0.426 e. The normalized spacial score (nSPS) is 17.8. The minimum atomic E-state index is -0.438. The van der Waals surface area contributed by atoms with Gasteiger partial charge in [0.25, 0.3) is 0 Å². The van der Waals surface area contributed by atoms with E-state index in [2.05, 4.69) is 20.8 Å². The molecule has 1 amide bonds. The highest BCUT2D eigenvalue weighted by atomic mass is 16.5. The molecule has 0 radical (unpaired) electrons. The molecule has 0 N–H and O–H groups in total. The van der Waals surface area contributed by atoms with E-state index in [1.807, 2.05) is 48.5 Å². The number of hydrogen-bond acceptors (Lipinski definition) is 3. The number of hydrogen-bond donors (Lipinski definition) is 0. The van der Waals surface area contributed by atoms with Crippen molar-refractivity contribution in [3.05, 3.63) is 59.7 Å². The van der Waals surface area contributed by atoms with Crippen LogP contribution in [0, 0.1) is 5.92 Å². The van der Waals surface area contributed by atoms with Crippen LogP contribution >= 0.6 is 0 Å². The Morgan fingerprint density at radius 3 is 2.59 bits per heavy atom. The van der Waals surface area contributed by atoms with Crippen LogP contribution in [0.4, 0.5) is 5.69 Å². The van der Waals surface area contributed by atoms with Gasteiger partial charge in [0.1, 0.15) is 5.75 Å². The molecule has 1 fully saturated rings. The van der Waals surface area contributed by atoms with Crippen molar-refractivity contribution in [2.24, 2.45) is 5.92 Å². The first-order valence-corrected chi connectivity index (χ1v) is 9.74. The predicted molar refractivity (Wildman–Crippen MR) is 107 cm³/mol. The third-order valence-electron chi connectivity index (χ3n) is 5.39. The van der Waals surface area contributed by atoms with E-state index in [0.29, 0.717) is 18.2 Å². The number of benzene rings is 2. The van der Waals surface area contributed by atoms with E-state index in [-0.39, 0.29) is 18.3 Å². The van der Waals surface area contributed by atoms with Crippen LogP contribution in [0.3, 0.4) is 0 Å². The molecule has 4 heteroatoms. The van der Waals surface area contributed by atoms with Crippen LogP contribution in [0.15, 0.2) is 48.5 Å². The second kappa shape index (κ2) is 8.38. The zero-order valence-corrected chi connectivity index (χ0v) is 16.3. The average Bonchev–Trinajstić information content (AvgIpc) is 3.09. The summed E-state index contributed by atoms with van der Waals surface area (Å²) in [5, 5.41) is 0. The molecule has 0 saturated carbocycles. The fraction of sp³-hybridized carbons (Fsp3) is 0.391. The van der Waals surface area contributed by atoms with Gasteiger partial charge < -0.3 is 9.64 Å². The van der Waals surface area contributed by atoms with Crippen molar-refractivity contribution in [1.82, 2.24) is 0 Å². The minimum Gasteiger partial charge on any atom is -0.426 e. The Labute approximate surface area is 161 Å². The Bertz CT molecular complexity index is 830. The van der Waals surface area contributed by atoms with E-state index < -0.39 is 5.92 Å². The quantitative estimate of drug-likeness (QED) is 0.550. The van der Waals surface area contributed by atoms with E-state index in [1.54, 1.807) is 4.90 Å². The molecule has 1 aliphatic heterocycles. The SMILES string of the molecule is CCc1ccccc1N1C[C@@H](C(=O)Oc2ccccc2[C@H](C)CC)CC1=O. The summed E-state index contributed by atoms with van der Waals surface area (Å²) in [5.74, 6) is 0.139. The molecule has 142 valence electrons. The zero-order chi connectivity index (χ0) is 19.4. The van der Waals surface area contributed by atoms with Crippen molar-refractivity contribution in [2.45, 2.75) is 46.0 Å². The van der Waals surface area contributed by atoms with Crippen molar-refractivity contribution in [3.8, 4) is 5.75 Å². The van der Waals surface area contributed by atoms with E-state index in [1.165, 1.54) is 0 Å². The van der Waals surface area contributed by atoms with Gasteiger partial charge in [-0.1, -0.05) is 57.2 Å². The van der Waals surface area contributed by atoms with Gasteiger partial charge in [0.2, 0.25) is 5.91 Å². The number of anilines is 1. The van der Waals surface area contributed by atoms with Crippen LogP contribution in [-0.4, -0.2) is 18.4 Å². The van der Waals surface area contributed by atoms with Gasteiger partial charge in [-0.3, -0.25) is 9.59 Å². The molecular weight excluding hydrogens is 338 g/mol. The van der Waals surface area contributed by atoms with Crippen LogP contribution in [0.1, 0.15) is 50.7 Å². The number of ether oxygens (including phenoxy) is 1. The third kappa shape index (κ3) is 4.05. The minimum absolute atomic E-state index is 0.0203. The summed E-state index contributed by atoms with van der Waals surface area (Å²) in [7, 11) is 0. The first kappa shape index (κ1) is 19.2. The Hall–Kier alpha value is -2.62. The molecule has 0 aliphatic carbocycles. The van der Waals surface area contributed by atoms with Gasteiger partial charge in [-0.05, 0) is 42.0 Å². The summed E-state index contributed by atoms with van der Waals surface area (Å²) in [6.07, 6.45) is 2.01. The fourth-order valence-electron chi connectivity index (χ4n) is 3.56. The highest BCUT2D eigenvalue weighted by molar-refractivity contribution is 6.00. The summed E-state index contributed by atoms with van der Waals surface area (Å²) < 4.78 is 5.72. The number of carbonyl (C=O) groups excluding carboxylic acids is 2. The number of rotatable bonds is 6. The van der Waals surface area contributed by atoms with Crippen molar-refractivity contribution in [2.75, 3.05) is 11.4 Å². The summed E-state index contributed by atoms with van der Waals surface area (Å²) in [6.45, 7) is 6.67. The van der Waals surface area contributed by atoms with Crippen LogP contribution in [0.5, 0.6) is 5.75 Å². The molecule has 2 atom stereocenters. The maximum Gasteiger partial charge on any atom is 0.316 e. The number of para-hydroxylation sites is 2. The van der Waals surface area contributed by atoms with E-state index in [0.717, 1.165) is 29.7 Å². The van der Waals surface area contributed by atoms with Crippen molar-refractivity contribution < 1.29 is 14.3 Å². The maximum absolute atomic E-state index is 12.8. The summed E-state index contributed by atoms with van der Waals surface area (Å²) >= 11 is 0. The first-order valence-electron chi connectivity index (χ1n) is 9.74. The Morgan fingerprint density at radius 1 is 1.15 bits per heavy atom. The smallest absolute Gasteiger partial charge is 0.316 e. The molecular formula is C23H27NO3. The Kier molecular flexibility index (Phi) is 5.94. The van der Waals surface area contributed by atoms with Gasteiger partial charge in [0.15, 0.2) is 0 Å². The second-order valence-electron chi connectivity index (χ2n) is 7.16. The number of amides is 1. The highest BCUT2D eigenvalue weighted by Gasteiger charge is 2.37. The van der Waals surface area contributed by atoms with Crippen molar-refractivity contribution in [3.63, 3.8) is 0 Å². The highest BCUT2D eigenvalue weighted by Crippen LogP contribution is 2.32. The lowest BCUT2D eigenvalue weighted by molar-refractivity contribution is -0.139. The predicted octanol–water partition coefficient (Wildman–Crippen LogP) is 4.72. The van der Waals surface area contributed by atoms with E-state index >= 15 is 0 Å². The second-order valence-corrected chi connectivity index (χ2v) is 7.16. The Balaban J connectivity index is 1.75. The van der Waals surface area contributed by atoms with Crippen molar-refractivity contribution >= 4 is 17.6 Å². The first-order chi connectivity index (χ1) is 13.0. The lowest BCUT2D eigenvalue weighted by Gasteiger charge is -2.20. The lowest BCUT2D eigenvalue weighted by atomic mass is 9.98. The number of aryl methyl sites for hydroxylation is 1. The summed E-state index contributed by atoms with van der Waals surface area (Å²) in [5.41, 5.74) is 3.05. The lowest BCUT2D eigenvalue weighted by Crippen LogP contribution is -2.28. The molecule has 1 heterocycles. The van der Waals surface area contributed by atoms with Crippen LogP contribution in [-0.2, 0) is 16.0 Å². The zero-order valence-electron chi connectivity index (χ0n) is 16.3. The number of esters is 1. The molecule has 0 aromatic heterocycles. The molecule has 1 saturated heterocycles. The van der Waals surface area contributed by atoms with Gasteiger partial charge in [0, 0.05) is 18.7 Å². The number of nitrogens with zero attached hydrogens (tertiary/aromatic N) is 1. The average molecular weight is 365 g/mol. The van der Waals surface area contributed by atoms with Gasteiger partial charge >= 0.3 is 5.97 Å². The van der Waals surface area contributed by atoms with Gasteiger partial charge in [-0.15, -0.1) is 0 Å². The monoisotopic (exact) mass is 365 g/mol. The summed E-state index contributed by atoms with van der Waals surface area (Å²) in [4.78, 5) is 27.0. The van der Waals surface area contributed by atoms with Crippen molar-refractivity contribution in [1.29, 1.82) is 0 Å². The van der Waals surface area contributed by atoms with E-state index in [4.69, 9.17) is 4.74 Å². The summed E-state index contributed by atoms with van der Waals surface area (Å²) in [6, 6.07) is 15.5.